The van der Waals surface area contributed by atoms with E-state index in [0.717, 1.165) is 5.56 Å². The molecule has 1 aliphatic heterocycles. The molecule has 1 heterocycles. The van der Waals surface area contributed by atoms with Crippen molar-refractivity contribution in [1.82, 2.24) is 9.80 Å². The zero-order valence-electron chi connectivity index (χ0n) is 15.7. The first-order chi connectivity index (χ1) is 12.0. The van der Waals surface area contributed by atoms with E-state index < -0.39 is 0 Å². The van der Waals surface area contributed by atoms with Crippen molar-refractivity contribution in [2.24, 2.45) is 5.92 Å². The van der Waals surface area contributed by atoms with Gasteiger partial charge >= 0.3 is 0 Å². The number of methoxy groups -OCH3 is 2. The van der Waals surface area contributed by atoms with Crippen LogP contribution in [0.1, 0.15) is 38.8 Å². The second kappa shape index (κ2) is 8.23. The van der Waals surface area contributed by atoms with Crippen LogP contribution in [0.2, 0.25) is 0 Å². The van der Waals surface area contributed by atoms with Crippen molar-refractivity contribution in [3.63, 3.8) is 0 Å². The van der Waals surface area contributed by atoms with E-state index in [1.165, 1.54) is 0 Å². The van der Waals surface area contributed by atoms with E-state index >= 15 is 0 Å². The van der Waals surface area contributed by atoms with Crippen molar-refractivity contribution in [1.29, 1.82) is 0 Å². The molecule has 0 saturated carbocycles. The molecule has 0 aromatic heterocycles. The van der Waals surface area contributed by atoms with Gasteiger partial charge in [-0.2, -0.15) is 0 Å². The first-order valence-corrected chi connectivity index (χ1v) is 8.82. The molecule has 138 valence electrons. The van der Waals surface area contributed by atoms with Crippen molar-refractivity contribution in [2.45, 2.75) is 33.2 Å². The average Bonchev–Trinajstić information content (AvgIpc) is 2.98. The fourth-order valence-corrected chi connectivity index (χ4v) is 3.60. The molecule has 0 radical (unpaired) electrons. The summed E-state index contributed by atoms with van der Waals surface area (Å²) in [7, 11) is 3.17. The number of hydrogen-bond acceptors (Lipinski definition) is 4. The minimum absolute atomic E-state index is 0.0211. The van der Waals surface area contributed by atoms with Gasteiger partial charge in [0, 0.05) is 26.1 Å². The SMILES string of the molecule is CCN(CC)C(=O)[C@@H]1CC(=O)N(CC)[C@H]1c1ccc(OC)c(OC)c1. The van der Waals surface area contributed by atoms with Crippen LogP contribution in [0.15, 0.2) is 18.2 Å². The van der Waals surface area contributed by atoms with Crippen molar-refractivity contribution in [3.05, 3.63) is 23.8 Å². The maximum Gasteiger partial charge on any atom is 0.228 e. The number of carbonyl (C=O) groups excluding carboxylic acids is 2. The Morgan fingerprint density at radius 2 is 1.80 bits per heavy atom. The van der Waals surface area contributed by atoms with Gasteiger partial charge in [-0.05, 0) is 38.5 Å². The Morgan fingerprint density at radius 3 is 2.32 bits per heavy atom. The Balaban J connectivity index is 2.45. The normalized spacial score (nSPS) is 19.9. The van der Waals surface area contributed by atoms with Crippen molar-refractivity contribution < 1.29 is 19.1 Å². The number of benzene rings is 1. The van der Waals surface area contributed by atoms with Crippen LogP contribution in [0.25, 0.3) is 0 Å². The lowest BCUT2D eigenvalue weighted by atomic mass is 9.92. The molecule has 0 N–H and O–H groups in total. The summed E-state index contributed by atoms with van der Waals surface area (Å²) in [6, 6.07) is 5.33. The lowest BCUT2D eigenvalue weighted by molar-refractivity contribution is -0.136. The third-order valence-corrected chi connectivity index (χ3v) is 4.91. The Labute approximate surface area is 149 Å². The molecule has 2 atom stereocenters. The molecule has 2 amide bonds. The van der Waals surface area contributed by atoms with Crippen LogP contribution in [-0.4, -0.2) is 55.5 Å². The maximum absolute atomic E-state index is 13.0. The molecular formula is C19H28N2O4. The van der Waals surface area contributed by atoms with Crippen LogP contribution in [0.3, 0.4) is 0 Å². The van der Waals surface area contributed by atoms with Crippen LogP contribution in [-0.2, 0) is 9.59 Å². The van der Waals surface area contributed by atoms with Gasteiger partial charge < -0.3 is 19.3 Å². The van der Waals surface area contributed by atoms with Crippen LogP contribution in [0.4, 0.5) is 0 Å². The summed E-state index contributed by atoms with van der Waals surface area (Å²) in [6.45, 7) is 7.72. The predicted octanol–water partition coefficient (Wildman–Crippen LogP) is 2.48. The largest absolute Gasteiger partial charge is 0.493 e. The minimum atomic E-state index is -0.370. The van der Waals surface area contributed by atoms with Gasteiger partial charge in [-0.15, -0.1) is 0 Å². The van der Waals surface area contributed by atoms with Gasteiger partial charge in [-0.25, -0.2) is 0 Å². The molecular weight excluding hydrogens is 320 g/mol. The van der Waals surface area contributed by atoms with Gasteiger partial charge in [0.15, 0.2) is 11.5 Å². The van der Waals surface area contributed by atoms with Crippen LogP contribution >= 0.6 is 0 Å². The molecule has 2 rings (SSSR count). The quantitative estimate of drug-likeness (QED) is 0.760. The number of ether oxygens (including phenoxy) is 2. The molecule has 1 aliphatic rings. The lowest BCUT2D eigenvalue weighted by Crippen LogP contribution is -2.38. The molecule has 6 nitrogen and oxygen atoms in total. The number of carbonyl (C=O) groups is 2. The monoisotopic (exact) mass is 348 g/mol. The van der Waals surface area contributed by atoms with Gasteiger partial charge in [0.2, 0.25) is 11.8 Å². The molecule has 1 fully saturated rings. The highest BCUT2D eigenvalue weighted by atomic mass is 16.5. The van der Waals surface area contributed by atoms with Gasteiger partial charge in [-0.1, -0.05) is 6.07 Å². The maximum atomic E-state index is 13.0. The minimum Gasteiger partial charge on any atom is -0.493 e. The summed E-state index contributed by atoms with van der Waals surface area (Å²) >= 11 is 0. The third kappa shape index (κ3) is 3.57. The van der Waals surface area contributed by atoms with Crippen LogP contribution < -0.4 is 9.47 Å². The zero-order valence-corrected chi connectivity index (χ0v) is 15.7. The lowest BCUT2D eigenvalue weighted by Gasteiger charge is -2.30. The zero-order chi connectivity index (χ0) is 18.6. The van der Waals surface area contributed by atoms with Crippen LogP contribution in [0, 0.1) is 5.92 Å². The number of rotatable bonds is 7. The topological polar surface area (TPSA) is 59.1 Å². The van der Waals surface area contributed by atoms with E-state index in [1.807, 2.05) is 39.0 Å². The molecule has 1 aromatic rings. The molecule has 0 aliphatic carbocycles. The second-order valence-electron chi connectivity index (χ2n) is 6.06. The average molecular weight is 348 g/mol. The highest BCUT2D eigenvalue weighted by molar-refractivity contribution is 5.90. The second-order valence-corrected chi connectivity index (χ2v) is 6.06. The van der Waals surface area contributed by atoms with Gasteiger partial charge in [0.05, 0.1) is 26.2 Å². The van der Waals surface area contributed by atoms with Gasteiger partial charge in [0.25, 0.3) is 0 Å². The molecule has 0 bridgehead atoms. The molecule has 1 aromatic carbocycles. The highest BCUT2D eigenvalue weighted by Gasteiger charge is 2.45. The summed E-state index contributed by atoms with van der Waals surface area (Å²) in [4.78, 5) is 29.0. The van der Waals surface area contributed by atoms with E-state index in [2.05, 4.69) is 0 Å². The Hall–Kier alpha value is -2.24. The van der Waals surface area contributed by atoms with Crippen molar-refractivity contribution in [3.8, 4) is 11.5 Å². The molecule has 1 saturated heterocycles. The third-order valence-electron chi connectivity index (χ3n) is 4.91. The van der Waals surface area contributed by atoms with Gasteiger partial charge in [0.1, 0.15) is 0 Å². The molecule has 25 heavy (non-hydrogen) atoms. The van der Waals surface area contributed by atoms with E-state index in [9.17, 15) is 9.59 Å². The fraction of sp³-hybridized carbons (Fsp3) is 0.579. The predicted molar refractivity (Wildman–Crippen MR) is 95.7 cm³/mol. The fourth-order valence-electron chi connectivity index (χ4n) is 3.60. The molecule has 0 unspecified atom stereocenters. The van der Waals surface area contributed by atoms with Crippen molar-refractivity contribution >= 4 is 11.8 Å². The highest BCUT2D eigenvalue weighted by Crippen LogP contribution is 2.41. The molecule has 6 heteroatoms. The number of nitrogens with zero attached hydrogens (tertiary/aromatic N) is 2. The Kier molecular flexibility index (Phi) is 6.28. The summed E-state index contributed by atoms with van der Waals surface area (Å²) in [5.41, 5.74) is 0.899. The Bertz CT molecular complexity index is 628. The number of likely N-dealkylation sites (tertiary alicyclic amines) is 1. The summed E-state index contributed by atoms with van der Waals surface area (Å²) in [6.07, 6.45) is 0.252. The Morgan fingerprint density at radius 1 is 1.16 bits per heavy atom. The van der Waals surface area contributed by atoms with Gasteiger partial charge in [-0.3, -0.25) is 9.59 Å². The van der Waals surface area contributed by atoms with E-state index in [1.54, 1.807) is 24.0 Å². The summed E-state index contributed by atoms with van der Waals surface area (Å²) in [5, 5.41) is 0. The first kappa shape index (κ1) is 19.1. The standard InChI is InChI=1S/C19H28N2O4/c1-6-20(7-2)19(23)14-12-17(22)21(8-3)18(14)13-9-10-15(24-4)16(11-13)25-5/h9-11,14,18H,6-8,12H2,1-5H3/t14-,18+/m1/s1. The first-order valence-electron chi connectivity index (χ1n) is 8.82. The molecule has 0 spiro atoms. The number of amides is 2. The number of hydrogen-bond donors (Lipinski definition) is 0. The van der Waals surface area contributed by atoms with Crippen LogP contribution in [0.5, 0.6) is 11.5 Å². The van der Waals surface area contributed by atoms with Crippen molar-refractivity contribution in [2.75, 3.05) is 33.9 Å². The summed E-state index contributed by atoms with van der Waals surface area (Å²) < 4.78 is 10.7. The van der Waals surface area contributed by atoms with E-state index in [4.69, 9.17) is 9.47 Å². The smallest absolute Gasteiger partial charge is 0.228 e. The van der Waals surface area contributed by atoms with E-state index in [-0.39, 0.29) is 30.2 Å². The van der Waals surface area contributed by atoms with E-state index in [0.29, 0.717) is 31.1 Å². The summed E-state index contributed by atoms with van der Waals surface area (Å²) in [5.74, 6) is 0.919.